The van der Waals surface area contributed by atoms with E-state index in [4.69, 9.17) is 16.3 Å². The average molecular weight is 241 g/mol. The molecule has 0 aliphatic carbocycles. The molecule has 0 saturated heterocycles. The first-order chi connectivity index (χ1) is 7.69. The Morgan fingerprint density at radius 3 is 2.44 bits per heavy atom. The van der Waals surface area contributed by atoms with Crippen molar-refractivity contribution in [3.8, 4) is 0 Å². The Bertz CT molecular complexity index is 332. The lowest BCUT2D eigenvalue weighted by molar-refractivity contribution is -0.130. The molecule has 1 unspecified atom stereocenters. The van der Waals surface area contributed by atoms with Crippen molar-refractivity contribution in [3.63, 3.8) is 0 Å². The van der Waals surface area contributed by atoms with Gasteiger partial charge in [0.1, 0.15) is 6.10 Å². The van der Waals surface area contributed by atoms with Crippen molar-refractivity contribution in [1.82, 2.24) is 0 Å². The van der Waals surface area contributed by atoms with Gasteiger partial charge in [0, 0.05) is 18.1 Å². The first kappa shape index (κ1) is 13.2. The molecule has 1 atom stereocenters. The van der Waals surface area contributed by atoms with E-state index in [9.17, 15) is 4.79 Å². The van der Waals surface area contributed by atoms with E-state index in [-0.39, 0.29) is 5.78 Å². The summed E-state index contributed by atoms with van der Waals surface area (Å²) in [7, 11) is 0. The molecule has 0 amide bonds. The van der Waals surface area contributed by atoms with Crippen molar-refractivity contribution >= 4 is 17.4 Å². The van der Waals surface area contributed by atoms with Gasteiger partial charge in [-0.15, -0.1) is 0 Å². The number of ether oxygens (including phenoxy) is 1. The number of benzene rings is 1. The van der Waals surface area contributed by atoms with Crippen LogP contribution in [0.5, 0.6) is 0 Å². The van der Waals surface area contributed by atoms with E-state index >= 15 is 0 Å². The monoisotopic (exact) mass is 240 g/mol. The minimum Gasteiger partial charge on any atom is -0.366 e. The molecule has 0 fully saturated rings. The third-order valence-electron chi connectivity index (χ3n) is 2.30. The number of hydrogen-bond donors (Lipinski definition) is 0. The van der Waals surface area contributed by atoms with Gasteiger partial charge < -0.3 is 4.74 Å². The number of hydrogen-bond acceptors (Lipinski definition) is 2. The maximum Gasteiger partial charge on any atom is 0.165 e. The van der Waals surface area contributed by atoms with Crippen molar-refractivity contribution in [2.24, 2.45) is 0 Å². The van der Waals surface area contributed by atoms with Crippen molar-refractivity contribution in [2.45, 2.75) is 32.8 Å². The van der Waals surface area contributed by atoms with Crippen molar-refractivity contribution in [2.75, 3.05) is 6.61 Å². The lowest BCUT2D eigenvalue weighted by Crippen LogP contribution is -2.15. The highest BCUT2D eigenvalue weighted by molar-refractivity contribution is 6.30. The molecule has 3 heteroatoms. The molecule has 0 bridgehead atoms. The standard InChI is InChI=1S/C13H17ClO2/c1-3-9-16-13(12(15)4-2)10-5-7-11(14)8-6-10/h5-8,13H,3-4,9H2,1-2H3. The topological polar surface area (TPSA) is 26.3 Å². The molecule has 0 radical (unpaired) electrons. The normalized spacial score (nSPS) is 12.4. The number of Topliss-reactive ketones (excluding diaryl/α,β-unsaturated/α-hetero) is 1. The van der Waals surface area contributed by atoms with Crippen molar-refractivity contribution in [1.29, 1.82) is 0 Å². The van der Waals surface area contributed by atoms with Gasteiger partial charge in [-0.05, 0) is 24.1 Å². The molecule has 1 aromatic rings. The number of ketones is 1. The Morgan fingerprint density at radius 1 is 1.31 bits per heavy atom. The largest absolute Gasteiger partial charge is 0.366 e. The van der Waals surface area contributed by atoms with Gasteiger partial charge >= 0.3 is 0 Å². The second-order valence-electron chi connectivity index (χ2n) is 3.62. The Hall–Kier alpha value is -0.860. The number of carbonyl (C=O) groups is 1. The molecular weight excluding hydrogens is 224 g/mol. The second-order valence-corrected chi connectivity index (χ2v) is 4.06. The zero-order valence-electron chi connectivity index (χ0n) is 9.70. The molecule has 0 aromatic heterocycles. The van der Waals surface area contributed by atoms with Crippen molar-refractivity contribution in [3.05, 3.63) is 34.9 Å². The summed E-state index contributed by atoms with van der Waals surface area (Å²) in [5.41, 5.74) is 0.879. The SMILES string of the molecule is CCCOC(C(=O)CC)c1ccc(Cl)cc1. The van der Waals surface area contributed by atoms with Crippen LogP contribution in [0.3, 0.4) is 0 Å². The van der Waals surface area contributed by atoms with Gasteiger partial charge in [-0.2, -0.15) is 0 Å². The van der Waals surface area contributed by atoms with Crippen LogP contribution >= 0.6 is 11.6 Å². The van der Waals surface area contributed by atoms with E-state index in [0.717, 1.165) is 12.0 Å². The van der Waals surface area contributed by atoms with Crippen LogP contribution in [0.15, 0.2) is 24.3 Å². The lowest BCUT2D eigenvalue weighted by atomic mass is 10.0. The molecule has 1 aromatic carbocycles. The van der Waals surface area contributed by atoms with Crippen LogP contribution in [0.4, 0.5) is 0 Å². The summed E-state index contributed by atoms with van der Waals surface area (Å²) in [6, 6.07) is 7.25. The molecule has 0 heterocycles. The van der Waals surface area contributed by atoms with E-state index in [1.807, 2.05) is 26.0 Å². The summed E-state index contributed by atoms with van der Waals surface area (Å²) in [6.07, 6.45) is 0.945. The summed E-state index contributed by atoms with van der Waals surface area (Å²) >= 11 is 5.81. The fourth-order valence-corrected chi connectivity index (χ4v) is 1.56. The smallest absolute Gasteiger partial charge is 0.165 e. The minimum absolute atomic E-state index is 0.107. The molecule has 88 valence electrons. The zero-order chi connectivity index (χ0) is 12.0. The van der Waals surface area contributed by atoms with Crippen molar-refractivity contribution < 1.29 is 9.53 Å². The van der Waals surface area contributed by atoms with E-state index in [1.54, 1.807) is 12.1 Å². The summed E-state index contributed by atoms with van der Waals surface area (Å²) < 4.78 is 5.58. The summed E-state index contributed by atoms with van der Waals surface area (Å²) in [5.74, 6) is 0.107. The van der Waals surface area contributed by atoms with Gasteiger partial charge in [-0.25, -0.2) is 0 Å². The number of halogens is 1. The van der Waals surface area contributed by atoms with E-state index in [1.165, 1.54) is 0 Å². The van der Waals surface area contributed by atoms with Gasteiger partial charge in [0.05, 0.1) is 0 Å². The van der Waals surface area contributed by atoms with Crippen LogP contribution in [0, 0.1) is 0 Å². The highest BCUT2D eigenvalue weighted by Gasteiger charge is 2.18. The molecule has 0 spiro atoms. The highest BCUT2D eigenvalue weighted by atomic mass is 35.5. The van der Waals surface area contributed by atoms with Gasteiger partial charge in [-0.3, -0.25) is 4.79 Å². The fourth-order valence-electron chi connectivity index (χ4n) is 1.43. The van der Waals surface area contributed by atoms with Crippen LogP contribution < -0.4 is 0 Å². The highest BCUT2D eigenvalue weighted by Crippen LogP contribution is 2.22. The molecule has 2 nitrogen and oxygen atoms in total. The maximum atomic E-state index is 11.7. The predicted octanol–water partition coefficient (Wildman–Crippen LogP) is 3.79. The predicted molar refractivity (Wildman–Crippen MR) is 65.7 cm³/mol. The van der Waals surface area contributed by atoms with Crippen LogP contribution in [0.2, 0.25) is 5.02 Å². The molecular formula is C13H17ClO2. The third-order valence-corrected chi connectivity index (χ3v) is 2.55. The van der Waals surface area contributed by atoms with Crippen LogP contribution in [0.1, 0.15) is 38.4 Å². The maximum absolute atomic E-state index is 11.7. The summed E-state index contributed by atoms with van der Waals surface area (Å²) in [4.78, 5) is 11.7. The molecule has 0 aliphatic heterocycles. The fraction of sp³-hybridized carbons (Fsp3) is 0.462. The Labute approximate surface area is 102 Å². The molecule has 0 N–H and O–H groups in total. The Balaban J connectivity index is 2.82. The van der Waals surface area contributed by atoms with E-state index in [2.05, 4.69) is 0 Å². The molecule has 16 heavy (non-hydrogen) atoms. The first-order valence-corrected chi connectivity index (χ1v) is 5.96. The van der Waals surface area contributed by atoms with Crippen LogP contribution in [-0.2, 0) is 9.53 Å². The van der Waals surface area contributed by atoms with Gasteiger partial charge in [-0.1, -0.05) is 37.6 Å². The number of carbonyl (C=O) groups excluding carboxylic acids is 1. The van der Waals surface area contributed by atoms with Crippen LogP contribution in [-0.4, -0.2) is 12.4 Å². The average Bonchev–Trinajstić information content (AvgIpc) is 2.31. The zero-order valence-corrected chi connectivity index (χ0v) is 10.5. The first-order valence-electron chi connectivity index (χ1n) is 5.58. The Kier molecular flexibility index (Phi) is 5.50. The quantitative estimate of drug-likeness (QED) is 0.756. The molecule has 1 rings (SSSR count). The van der Waals surface area contributed by atoms with E-state index < -0.39 is 6.10 Å². The number of rotatable bonds is 6. The van der Waals surface area contributed by atoms with E-state index in [0.29, 0.717) is 18.1 Å². The van der Waals surface area contributed by atoms with Gasteiger partial charge in [0.15, 0.2) is 5.78 Å². The van der Waals surface area contributed by atoms with Crippen LogP contribution in [0.25, 0.3) is 0 Å². The summed E-state index contributed by atoms with van der Waals surface area (Å²) in [6.45, 7) is 4.47. The third kappa shape index (κ3) is 3.62. The molecule has 0 aliphatic rings. The minimum atomic E-state index is -0.442. The Morgan fingerprint density at radius 2 is 1.94 bits per heavy atom. The summed E-state index contributed by atoms with van der Waals surface area (Å²) in [5, 5.41) is 0.668. The van der Waals surface area contributed by atoms with Gasteiger partial charge in [0.2, 0.25) is 0 Å². The van der Waals surface area contributed by atoms with Gasteiger partial charge in [0.25, 0.3) is 0 Å². The second kappa shape index (κ2) is 6.66. The lowest BCUT2D eigenvalue weighted by Gasteiger charge is -2.16. The molecule has 0 saturated carbocycles.